The smallest absolute Gasteiger partial charge is 0.441 e. The molecular formula is C21H19Cl2N3O4. The molecule has 1 aliphatic heterocycles. The number of β-amino-alcohol motifs (C(OH)–C–C–N with tert-alkyl or cyclic N) is 1. The number of aliphatic hydroxyl groups excluding tert-OH is 1. The first-order valence-electron chi connectivity index (χ1n) is 9.69. The zero-order valence-electron chi connectivity index (χ0n) is 15.9. The predicted molar refractivity (Wildman–Crippen MR) is 112 cm³/mol. The van der Waals surface area contributed by atoms with E-state index in [0.717, 1.165) is 36.9 Å². The topological polar surface area (TPSA) is 80.7 Å². The first-order chi connectivity index (χ1) is 14.5. The summed E-state index contributed by atoms with van der Waals surface area (Å²) in [5.41, 5.74) is 2.58. The maximum Gasteiger partial charge on any atom is 0.441 e. The Hall–Kier alpha value is -2.32. The van der Waals surface area contributed by atoms with Crippen LogP contribution in [0.4, 0.5) is 0 Å². The summed E-state index contributed by atoms with van der Waals surface area (Å²) in [6.07, 6.45) is 1.98. The number of hydrogen-bond donors (Lipinski definition) is 1. The van der Waals surface area contributed by atoms with E-state index >= 15 is 0 Å². The molecule has 1 unspecified atom stereocenters. The summed E-state index contributed by atoms with van der Waals surface area (Å²) in [5.74, 6) is 0.0966. The van der Waals surface area contributed by atoms with Crippen LogP contribution in [0, 0.1) is 0 Å². The molecule has 7 nitrogen and oxygen atoms in total. The Morgan fingerprint density at radius 1 is 1.20 bits per heavy atom. The lowest BCUT2D eigenvalue weighted by Gasteiger charge is -2.30. The van der Waals surface area contributed by atoms with Gasteiger partial charge in [0.05, 0.1) is 17.8 Å². The van der Waals surface area contributed by atoms with Gasteiger partial charge >= 0.3 is 5.76 Å². The van der Waals surface area contributed by atoms with E-state index in [1.165, 1.54) is 4.68 Å². The van der Waals surface area contributed by atoms with Crippen molar-refractivity contribution in [3.63, 3.8) is 0 Å². The molecule has 0 amide bonds. The number of nitrogens with zero attached hydrogens (tertiary/aromatic N) is 3. The molecule has 2 heterocycles. The molecule has 2 aliphatic rings. The molecular weight excluding hydrogens is 429 g/mol. The highest BCUT2D eigenvalue weighted by Gasteiger charge is 2.41. The largest absolute Gasteiger partial charge is 0.484 e. The van der Waals surface area contributed by atoms with E-state index in [0.29, 0.717) is 28.0 Å². The lowest BCUT2D eigenvalue weighted by Crippen LogP contribution is -2.39. The summed E-state index contributed by atoms with van der Waals surface area (Å²) in [6.45, 7) is 1.41. The van der Waals surface area contributed by atoms with Gasteiger partial charge in [-0.25, -0.2) is 4.79 Å². The monoisotopic (exact) mass is 447 g/mol. The van der Waals surface area contributed by atoms with E-state index in [9.17, 15) is 9.90 Å². The SMILES string of the molecule is O=c1ocnn1-c1ccc(O[C@H]2c3cc(Cl)cc(Cl)c3C[C@@H]2N2CCC(O)C2)cc1. The van der Waals surface area contributed by atoms with Crippen molar-refractivity contribution in [3.8, 4) is 11.4 Å². The molecule has 1 fully saturated rings. The second-order valence-electron chi connectivity index (χ2n) is 7.61. The summed E-state index contributed by atoms with van der Waals surface area (Å²) in [5, 5.41) is 15.1. The molecule has 9 heteroatoms. The van der Waals surface area contributed by atoms with E-state index in [2.05, 4.69) is 10.00 Å². The van der Waals surface area contributed by atoms with Crippen molar-refractivity contribution < 1.29 is 14.3 Å². The first-order valence-corrected chi connectivity index (χ1v) is 10.4. The summed E-state index contributed by atoms with van der Waals surface area (Å²) in [4.78, 5) is 13.9. The van der Waals surface area contributed by atoms with Gasteiger partial charge in [0.1, 0.15) is 11.9 Å². The Morgan fingerprint density at radius 2 is 2.00 bits per heavy atom. The highest BCUT2D eigenvalue weighted by molar-refractivity contribution is 6.35. The van der Waals surface area contributed by atoms with Gasteiger partial charge in [0.15, 0.2) is 0 Å². The molecule has 0 bridgehead atoms. The second-order valence-corrected chi connectivity index (χ2v) is 8.46. The third kappa shape index (κ3) is 3.52. The van der Waals surface area contributed by atoms with E-state index in [1.807, 2.05) is 6.07 Å². The lowest BCUT2D eigenvalue weighted by molar-refractivity contribution is 0.0818. The van der Waals surface area contributed by atoms with Crippen molar-refractivity contribution in [1.29, 1.82) is 0 Å². The number of halogens is 2. The molecule has 1 saturated heterocycles. The van der Waals surface area contributed by atoms with Crippen LogP contribution in [0.15, 0.2) is 52.0 Å². The van der Waals surface area contributed by atoms with Crippen LogP contribution in [0.3, 0.4) is 0 Å². The quantitative estimate of drug-likeness (QED) is 0.660. The van der Waals surface area contributed by atoms with Crippen LogP contribution >= 0.6 is 23.2 Å². The molecule has 1 aliphatic carbocycles. The van der Waals surface area contributed by atoms with Crippen LogP contribution in [0.5, 0.6) is 5.75 Å². The number of benzene rings is 2. The summed E-state index contributed by atoms with van der Waals surface area (Å²) < 4.78 is 12.3. The lowest BCUT2D eigenvalue weighted by atomic mass is 10.1. The summed E-state index contributed by atoms with van der Waals surface area (Å²) in [7, 11) is 0. The predicted octanol–water partition coefficient (Wildman–Crippen LogP) is 3.24. The van der Waals surface area contributed by atoms with Crippen molar-refractivity contribution in [2.75, 3.05) is 13.1 Å². The fourth-order valence-corrected chi connectivity index (χ4v) is 4.93. The number of fused-ring (bicyclic) bond motifs is 1. The Balaban J connectivity index is 1.46. The summed E-state index contributed by atoms with van der Waals surface area (Å²) in [6, 6.07) is 10.8. The maximum absolute atomic E-state index is 11.7. The first kappa shape index (κ1) is 19.6. The maximum atomic E-state index is 11.7. The van der Waals surface area contributed by atoms with Gasteiger partial charge in [-0.15, -0.1) is 5.10 Å². The Morgan fingerprint density at radius 3 is 2.67 bits per heavy atom. The fraction of sp³-hybridized carbons (Fsp3) is 0.333. The van der Waals surface area contributed by atoms with Crippen LogP contribution in [0.1, 0.15) is 23.7 Å². The van der Waals surface area contributed by atoms with Gasteiger partial charge in [0.2, 0.25) is 6.39 Å². The normalized spacial score (nSPS) is 23.6. The molecule has 3 aromatic rings. The van der Waals surface area contributed by atoms with Crippen LogP contribution in [0.25, 0.3) is 5.69 Å². The molecule has 2 aromatic carbocycles. The highest BCUT2D eigenvalue weighted by atomic mass is 35.5. The van der Waals surface area contributed by atoms with Gasteiger partial charge in [-0.1, -0.05) is 23.2 Å². The molecule has 0 spiro atoms. The number of rotatable bonds is 4. The van der Waals surface area contributed by atoms with Crippen molar-refractivity contribution in [1.82, 2.24) is 14.7 Å². The van der Waals surface area contributed by atoms with E-state index in [1.54, 1.807) is 30.3 Å². The van der Waals surface area contributed by atoms with Gasteiger partial charge in [-0.3, -0.25) is 4.90 Å². The van der Waals surface area contributed by atoms with E-state index in [4.69, 9.17) is 32.4 Å². The molecule has 1 N–H and O–H groups in total. The van der Waals surface area contributed by atoms with Crippen LogP contribution in [-0.2, 0) is 6.42 Å². The van der Waals surface area contributed by atoms with Gasteiger partial charge < -0.3 is 14.3 Å². The fourth-order valence-electron chi connectivity index (χ4n) is 4.35. The molecule has 5 rings (SSSR count). The highest BCUT2D eigenvalue weighted by Crippen LogP contribution is 2.43. The van der Waals surface area contributed by atoms with Crippen molar-refractivity contribution >= 4 is 23.2 Å². The van der Waals surface area contributed by atoms with Gasteiger partial charge in [0, 0.05) is 28.7 Å². The minimum Gasteiger partial charge on any atom is -0.484 e. The zero-order valence-corrected chi connectivity index (χ0v) is 17.4. The van der Waals surface area contributed by atoms with Crippen LogP contribution < -0.4 is 10.5 Å². The average Bonchev–Trinajstić information content (AvgIpc) is 3.42. The van der Waals surface area contributed by atoms with Crippen molar-refractivity contribution in [3.05, 3.63) is 74.5 Å². The third-order valence-electron chi connectivity index (χ3n) is 5.76. The minimum absolute atomic E-state index is 0.0472. The number of ether oxygens (including phenoxy) is 1. The number of hydrogen-bond acceptors (Lipinski definition) is 6. The van der Waals surface area contributed by atoms with E-state index < -0.39 is 5.76 Å². The molecule has 0 radical (unpaired) electrons. The third-order valence-corrected chi connectivity index (χ3v) is 6.32. The summed E-state index contributed by atoms with van der Waals surface area (Å²) >= 11 is 12.8. The average molecular weight is 448 g/mol. The Bertz CT molecular complexity index is 1130. The van der Waals surface area contributed by atoms with Crippen molar-refractivity contribution in [2.24, 2.45) is 0 Å². The minimum atomic E-state index is -0.551. The number of aliphatic hydroxyl groups is 1. The zero-order chi connectivity index (χ0) is 20.8. The Labute approximate surface area is 182 Å². The molecule has 30 heavy (non-hydrogen) atoms. The Kier molecular flexibility index (Phi) is 5.06. The standard InChI is InChI=1S/C21H19Cl2N3O4/c22-12-7-17-16(18(23)8-12)9-19(25-6-5-14(27)10-25)20(17)30-15-3-1-13(2-4-15)26-21(28)29-11-24-26/h1-4,7-8,11,14,19-20,27H,5-6,9-10H2/t14?,19-,20-/m0/s1. The van der Waals surface area contributed by atoms with Crippen molar-refractivity contribution in [2.45, 2.75) is 31.1 Å². The van der Waals surface area contributed by atoms with Gasteiger partial charge in [-0.05, 0) is 54.8 Å². The van der Waals surface area contributed by atoms with Gasteiger partial charge in [0.25, 0.3) is 0 Å². The number of likely N-dealkylation sites (tertiary alicyclic amines) is 1. The second kappa shape index (κ2) is 7.74. The molecule has 156 valence electrons. The van der Waals surface area contributed by atoms with Gasteiger partial charge in [-0.2, -0.15) is 4.68 Å². The van der Waals surface area contributed by atoms with Crippen LogP contribution in [-0.4, -0.2) is 45.0 Å². The molecule has 0 saturated carbocycles. The molecule has 1 aromatic heterocycles. The van der Waals surface area contributed by atoms with E-state index in [-0.39, 0.29) is 18.2 Å². The van der Waals surface area contributed by atoms with Crippen LogP contribution in [0.2, 0.25) is 10.0 Å². The molecule has 3 atom stereocenters. The number of aromatic nitrogens is 2.